The lowest BCUT2D eigenvalue weighted by Gasteiger charge is -2.34. The number of nitrogens with one attached hydrogen (secondary N) is 1. The molecular weight excluding hydrogens is 404 g/mol. The number of aromatic nitrogens is 1. The van der Waals surface area contributed by atoms with Crippen LogP contribution in [0.4, 0.5) is 5.82 Å². The Balaban J connectivity index is 1.37. The maximum absolute atomic E-state index is 12.6. The molecule has 1 aromatic heterocycles. The van der Waals surface area contributed by atoms with Crippen LogP contribution in [0.3, 0.4) is 0 Å². The van der Waals surface area contributed by atoms with Gasteiger partial charge in [0.15, 0.2) is 6.10 Å². The van der Waals surface area contributed by atoms with Gasteiger partial charge in [-0.25, -0.2) is 13.4 Å². The average Bonchev–Trinajstić information content (AvgIpc) is 2.78. The third-order valence-electron chi connectivity index (χ3n) is 4.91. The number of sulfonamides is 1. The van der Waals surface area contributed by atoms with Gasteiger partial charge in [-0.1, -0.05) is 24.3 Å². The van der Waals surface area contributed by atoms with Crippen molar-refractivity contribution in [3.05, 3.63) is 54.7 Å². The van der Waals surface area contributed by atoms with E-state index in [0.29, 0.717) is 38.3 Å². The molecule has 30 heavy (non-hydrogen) atoms. The van der Waals surface area contributed by atoms with Crippen molar-refractivity contribution in [1.82, 2.24) is 14.6 Å². The highest BCUT2D eigenvalue weighted by molar-refractivity contribution is 7.89. The van der Waals surface area contributed by atoms with Gasteiger partial charge in [0.05, 0.1) is 5.75 Å². The van der Waals surface area contributed by atoms with Crippen molar-refractivity contribution in [1.29, 1.82) is 0 Å². The Labute approximate surface area is 177 Å². The van der Waals surface area contributed by atoms with Crippen molar-refractivity contribution >= 4 is 21.7 Å². The number of nitrogens with zero attached hydrogens (tertiary/aromatic N) is 3. The third kappa shape index (κ3) is 6.17. The zero-order chi connectivity index (χ0) is 21.4. The summed E-state index contributed by atoms with van der Waals surface area (Å²) in [6, 6.07) is 14.8. The highest BCUT2D eigenvalue weighted by Gasteiger charge is 2.27. The smallest absolute Gasteiger partial charge is 0.260 e. The first kappa shape index (κ1) is 22.0. The number of rotatable bonds is 9. The molecule has 1 aliphatic heterocycles. The van der Waals surface area contributed by atoms with Crippen LogP contribution >= 0.6 is 0 Å². The van der Waals surface area contributed by atoms with E-state index in [1.165, 1.54) is 4.31 Å². The van der Waals surface area contributed by atoms with Crippen molar-refractivity contribution < 1.29 is 17.9 Å². The number of carbonyl (C=O) groups excluding carboxylic acids is 1. The maximum atomic E-state index is 12.6. The minimum Gasteiger partial charge on any atom is -0.481 e. The monoisotopic (exact) mass is 432 g/mol. The van der Waals surface area contributed by atoms with Crippen LogP contribution in [-0.2, 0) is 14.8 Å². The van der Waals surface area contributed by atoms with E-state index in [9.17, 15) is 13.2 Å². The van der Waals surface area contributed by atoms with Crippen LogP contribution in [0.1, 0.15) is 13.3 Å². The number of para-hydroxylation sites is 1. The van der Waals surface area contributed by atoms with E-state index in [2.05, 4.69) is 15.2 Å². The van der Waals surface area contributed by atoms with Crippen LogP contribution in [0.5, 0.6) is 5.75 Å². The van der Waals surface area contributed by atoms with Gasteiger partial charge in [0.25, 0.3) is 5.91 Å². The number of benzene rings is 1. The predicted molar refractivity (Wildman–Crippen MR) is 116 cm³/mol. The average molecular weight is 433 g/mol. The molecule has 1 aliphatic rings. The van der Waals surface area contributed by atoms with Crippen LogP contribution in [0.2, 0.25) is 0 Å². The van der Waals surface area contributed by atoms with Gasteiger partial charge in [0.2, 0.25) is 10.0 Å². The van der Waals surface area contributed by atoms with Gasteiger partial charge in [-0.05, 0) is 37.6 Å². The lowest BCUT2D eigenvalue weighted by atomic mass is 10.3. The van der Waals surface area contributed by atoms with Crippen molar-refractivity contribution in [3.8, 4) is 5.75 Å². The number of pyridine rings is 1. The summed E-state index contributed by atoms with van der Waals surface area (Å²) in [5.41, 5.74) is 0. The quantitative estimate of drug-likeness (QED) is 0.604. The third-order valence-corrected chi connectivity index (χ3v) is 6.87. The summed E-state index contributed by atoms with van der Waals surface area (Å²) in [6.45, 7) is 4.05. The molecule has 0 radical (unpaired) electrons. The summed E-state index contributed by atoms with van der Waals surface area (Å²) < 4.78 is 32.3. The van der Waals surface area contributed by atoms with Crippen LogP contribution in [0.25, 0.3) is 0 Å². The number of amides is 1. The first-order valence-electron chi connectivity index (χ1n) is 10.1. The van der Waals surface area contributed by atoms with E-state index in [-0.39, 0.29) is 18.2 Å². The first-order chi connectivity index (χ1) is 14.5. The summed E-state index contributed by atoms with van der Waals surface area (Å²) in [4.78, 5) is 18.5. The van der Waals surface area contributed by atoms with Crippen LogP contribution in [0.15, 0.2) is 54.7 Å². The van der Waals surface area contributed by atoms with Gasteiger partial charge in [-0.15, -0.1) is 0 Å². The molecule has 2 heterocycles. The molecule has 0 spiro atoms. The molecule has 1 amide bonds. The van der Waals surface area contributed by atoms with Gasteiger partial charge in [0.1, 0.15) is 11.6 Å². The molecule has 1 saturated heterocycles. The lowest BCUT2D eigenvalue weighted by molar-refractivity contribution is -0.127. The molecule has 9 heteroatoms. The maximum Gasteiger partial charge on any atom is 0.260 e. The normalized spacial score (nSPS) is 16.1. The summed E-state index contributed by atoms with van der Waals surface area (Å²) in [5, 5.41) is 2.74. The van der Waals surface area contributed by atoms with E-state index < -0.39 is 16.1 Å². The van der Waals surface area contributed by atoms with Gasteiger partial charge >= 0.3 is 0 Å². The second-order valence-corrected chi connectivity index (χ2v) is 9.20. The van der Waals surface area contributed by atoms with Crippen molar-refractivity contribution in [2.75, 3.05) is 43.4 Å². The molecule has 1 fully saturated rings. The summed E-state index contributed by atoms with van der Waals surface area (Å²) in [7, 11) is -3.35. The fourth-order valence-corrected chi connectivity index (χ4v) is 4.72. The van der Waals surface area contributed by atoms with Crippen molar-refractivity contribution in [2.45, 2.75) is 19.4 Å². The molecule has 1 unspecified atom stereocenters. The Bertz CT molecular complexity index is 901. The standard InChI is InChI=1S/C21H28N4O4S/c1-18(29-19-8-3-2-4-9-19)21(26)23-12-7-17-30(27,28)25-15-13-24(14-16-25)20-10-5-6-11-22-20/h2-6,8-11,18H,7,12-17H2,1H3,(H,23,26). The lowest BCUT2D eigenvalue weighted by Crippen LogP contribution is -2.49. The van der Waals surface area contributed by atoms with E-state index >= 15 is 0 Å². The highest BCUT2D eigenvalue weighted by atomic mass is 32.2. The van der Waals surface area contributed by atoms with E-state index in [0.717, 1.165) is 5.82 Å². The Morgan fingerprint density at radius 1 is 1.10 bits per heavy atom. The van der Waals surface area contributed by atoms with Gasteiger partial charge < -0.3 is 15.0 Å². The van der Waals surface area contributed by atoms with E-state index in [4.69, 9.17) is 4.74 Å². The minimum atomic E-state index is -3.35. The largest absolute Gasteiger partial charge is 0.481 e. The molecule has 1 atom stereocenters. The fraction of sp³-hybridized carbons (Fsp3) is 0.429. The first-order valence-corrected chi connectivity index (χ1v) is 11.7. The number of hydrogen-bond donors (Lipinski definition) is 1. The zero-order valence-corrected chi connectivity index (χ0v) is 17.9. The van der Waals surface area contributed by atoms with E-state index in [1.807, 2.05) is 36.4 Å². The predicted octanol–water partition coefficient (Wildman–Crippen LogP) is 1.51. The SMILES string of the molecule is CC(Oc1ccccc1)C(=O)NCCCS(=O)(=O)N1CCN(c2ccccn2)CC1. The molecule has 8 nitrogen and oxygen atoms in total. The molecule has 0 saturated carbocycles. The molecule has 0 aliphatic carbocycles. The minimum absolute atomic E-state index is 0.00475. The van der Waals surface area contributed by atoms with Crippen LogP contribution in [-0.4, -0.2) is 68.2 Å². The van der Waals surface area contributed by atoms with Crippen molar-refractivity contribution in [2.24, 2.45) is 0 Å². The second kappa shape index (κ2) is 10.4. The molecule has 0 bridgehead atoms. The summed E-state index contributed by atoms with van der Waals surface area (Å²) in [5.74, 6) is 1.22. The number of anilines is 1. The Hall–Kier alpha value is -2.65. The topological polar surface area (TPSA) is 91.8 Å². The number of hydrogen-bond acceptors (Lipinski definition) is 6. The fourth-order valence-electron chi connectivity index (χ4n) is 3.23. The Morgan fingerprint density at radius 3 is 2.47 bits per heavy atom. The summed E-state index contributed by atoms with van der Waals surface area (Å²) >= 11 is 0. The number of ether oxygens (including phenoxy) is 1. The number of piperazine rings is 1. The van der Waals surface area contributed by atoms with Gasteiger partial charge in [-0.3, -0.25) is 4.79 Å². The molecule has 162 valence electrons. The molecule has 2 aromatic rings. The van der Waals surface area contributed by atoms with Gasteiger partial charge in [0, 0.05) is 38.9 Å². The molecule has 1 aromatic carbocycles. The van der Waals surface area contributed by atoms with E-state index in [1.54, 1.807) is 25.3 Å². The van der Waals surface area contributed by atoms with Crippen molar-refractivity contribution in [3.63, 3.8) is 0 Å². The zero-order valence-electron chi connectivity index (χ0n) is 17.1. The Kier molecular flexibility index (Phi) is 7.64. The molecular formula is C21H28N4O4S. The van der Waals surface area contributed by atoms with Crippen LogP contribution in [0, 0.1) is 0 Å². The molecule has 1 N–H and O–H groups in total. The molecule has 3 rings (SSSR count). The Morgan fingerprint density at radius 2 is 1.80 bits per heavy atom. The van der Waals surface area contributed by atoms with Crippen LogP contribution < -0.4 is 15.0 Å². The highest BCUT2D eigenvalue weighted by Crippen LogP contribution is 2.15. The summed E-state index contributed by atoms with van der Waals surface area (Å²) in [6.07, 6.45) is 1.44. The number of carbonyl (C=O) groups is 1. The van der Waals surface area contributed by atoms with Gasteiger partial charge in [-0.2, -0.15) is 4.31 Å². The second-order valence-electron chi connectivity index (χ2n) is 7.11.